The smallest absolute Gasteiger partial charge is 0.221 e. The molecule has 1 aromatic heterocycles. The van der Waals surface area contributed by atoms with Crippen molar-refractivity contribution in [2.24, 2.45) is 0 Å². The Morgan fingerprint density at radius 3 is 2.50 bits per heavy atom. The number of nitrogens with zero attached hydrogens (tertiary/aromatic N) is 1. The van der Waals surface area contributed by atoms with Gasteiger partial charge in [0.2, 0.25) is 5.91 Å². The second kappa shape index (κ2) is 8.86. The van der Waals surface area contributed by atoms with Gasteiger partial charge >= 0.3 is 0 Å². The molecule has 0 aliphatic rings. The Balaban J connectivity index is 1.59. The fourth-order valence-electron chi connectivity index (χ4n) is 2.58. The zero-order valence-electron chi connectivity index (χ0n) is 15.2. The second-order valence-corrected chi connectivity index (χ2v) is 9.77. The molecule has 1 N–H and O–H groups in total. The highest BCUT2D eigenvalue weighted by Gasteiger charge is 2.17. The van der Waals surface area contributed by atoms with E-state index in [0.717, 1.165) is 21.1 Å². The summed E-state index contributed by atoms with van der Waals surface area (Å²) in [5.74, 6) is -0.540. The number of aromatic nitrogens is 1. The van der Waals surface area contributed by atoms with Crippen molar-refractivity contribution in [3.63, 3.8) is 0 Å². The van der Waals surface area contributed by atoms with Gasteiger partial charge in [-0.25, -0.2) is 13.4 Å². The molecule has 0 aliphatic carbocycles. The van der Waals surface area contributed by atoms with E-state index in [-0.39, 0.29) is 23.0 Å². The predicted molar refractivity (Wildman–Crippen MR) is 112 cm³/mol. The third kappa shape index (κ3) is 4.98. The molecule has 146 valence electrons. The first-order valence-electron chi connectivity index (χ1n) is 8.62. The van der Waals surface area contributed by atoms with Crippen LogP contribution in [0.4, 0.5) is 0 Å². The van der Waals surface area contributed by atoms with E-state index in [1.165, 1.54) is 23.5 Å². The summed E-state index contributed by atoms with van der Waals surface area (Å²) in [6, 6.07) is 15.6. The summed E-state index contributed by atoms with van der Waals surface area (Å²) >= 11 is 7.68. The number of hydrogen-bond donors (Lipinski definition) is 1. The largest absolute Gasteiger partial charge is 0.351 e. The van der Waals surface area contributed by atoms with Crippen LogP contribution in [-0.4, -0.2) is 25.1 Å². The molecule has 0 radical (unpaired) electrons. The van der Waals surface area contributed by atoms with E-state index in [9.17, 15) is 13.2 Å². The van der Waals surface area contributed by atoms with Crippen LogP contribution in [0.15, 0.2) is 59.5 Å². The van der Waals surface area contributed by atoms with Crippen molar-refractivity contribution in [2.75, 3.05) is 5.75 Å². The van der Waals surface area contributed by atoms with E-state index < -0.39 is 9.84 Å². The quantitative estimate of drug-likeness (QED) is 0.603. The van der Waals surface area contributed by atoms with Gasteiger partial charge in [0.05, 0.1) is 27.9 Å². The molecule has 0 saturated heterocycles. The molecular weight excluding hydrogens is 416 g/mol. The number of nitrogens with one attached hydrogen (secondary N) is 1. The Bertz CT molecular complexity index is 1080. The highest BCUT2D eigenvalue weighted by atomic mass is 35.5. The van der Waals surface area contributed by atoms with Gasteiger partial charge in [-0.3, -0.25) is 4.79 Å². The van der Waals surface area contributed by atoms with E-state index in [4.69, 9.17) is 11.6 Å². The van der Waals surface area contributed by atoms with E-state index in [0.29, 0.717) is 11.6 Å². The van der Waals surface area contributed by atoms with Crippen LogP contribution in [0.3, 0.4) is 0 Å². The number of rotatable bonds is 7. The maximum Gasteiger partial charge on any atom is 0.221 e. The average Bonchev–Trinajstić information content (AvgIpc) is 3.06. The molecule has 3 rings (SSSR count). The van der Waals surface area contributed by atoms with E-state index >= 15 is 0 Å². The highest BCUT2D eigenvalue weighted by molar-refractivity contribution is 7.91. The topological polar surface area (TPSA) is 76.1 Å². The minimum Gasteiger partial charge on any atom is -0.351 e. The lowest BCUT2D eigenvalue weighted by Crippen LogP contribution is -2.25. The van der Waals surface area contributed by atoms with Crippen LogP contribution in [-0.2, 0) is 21.2 Å². The number of benzene rings is 2. The van der Waals surface area contributed by atoms with Gasteiger partial charge in [0.25, 0.3) is 0 Å². The number of carbonyl (C=O) groups excluding carboxylic acids is 1. The van der Waals surface area contributed by atoms with Crippen LogP contribution in [0.5, 0.6) is 0 Å². The lowest BCUT2D eigenvalue weighted by Gasteiger charge is -2.06. The molecule has 0 aliphatic heterocycles. The molecule has 28 heavy (non-hydrogen) atoms. The minimum atomic E-state index is -3.47. The van der Waals surface area contributed by atoms with Crippen molar-refractivity contribution >= 4 is 38.7 Å². The van der Waals surface area contributed by atoms with Crippen LogP contribution in [0, 0.1) is 6.92 Å². The summed E-state index contributed by atoms with van der Waals surface area (Å²) in [6.45, 7) is 2.18. The van der Waals surface area contributed by atoms with Gasteiger partial charge in [0.15, 0.2) is 9.84 Å². The molecule has 2 aromatic carbocycles. The summed E-state index contributed by atoms with van der Waals surface area (Å²) in [4.78, 5) is 17.8. The summed E-state index contributed by atoms with van der Waals surface area (Å²) in [6.07, 6.45) is -0.0908. The predicted octanol–water partition coefficient (Wildman–Crippen LogP) is 4.25. The van der Waals surface area contributed by atoms with Crippen molar-refractivity contribution in [3.05, 3.63) is 70.2 Å². The van der Waals surface area contributed by atoms with Crippen LogP contribution in [0.1, 0.15) is 17.0 Å². The number of hydrogen-bond acceptors (Lipinski definition) is 5. The Morgan fingerprint density at radius 2 is 1.79 bits per heavy atom. The highest BCUT2D eigenvalue weighted by Crippen LogP contribution is 2.32. The van der Waals surface area contributed by atoms with Gasteiger partial charge in [0, 0.05) is 16.9 Å². The maximum absolute atomic E-state index is 12.3. The molecular formula is C20H19ClN2O3S2. The number of amides is 1. The van der Waals surface area contributed by atoms with Crippen LogP contribution >= 0.6 is 22.9 Å². The first-order valence-corrected chi connectivity index (χ1v) is 11.5. The molecule has 0 saturated carbocycles. The van der Waals surface area contributed by atoms with E-state index in [2.05, 4.69) is 10.3 Å². The zero-order valence-corrected chi connectivity index (χ0v) is 17.6. The zero-order chi connectivity index (χ0) is 20.1. The number of halogens is 1. The third-order valence-corrected chi connectivity index (χ3v) is 7.40. The Kier molecular flexibility index (Phi) is 6.49. The fourth-order valence-corrected chi connectivity index (χ4v) is 5.17. The summed E-state index contributed by atoms with van der Waals surface area (Å²) in [7, 11) is -3.47. The minimum absolute atomic E-state index is 0.0908. The van der Waals surface area contributed by atoms with Gasteiger partial charge < -0.3 is 5.32 Å². The molecule has 3 aromatic rings. The van der Waals surface area contributed by atoms with Crippen LogP contribution < -0.4 is 5.32 Å². The molecule has 8 heteroatoms. The van der Waals surface area contributed by atoms with E-state index in [1.807, 2.05) is 31.2 Å². The maximum atomic E-state index is 12.3. The van der Waals surface area contributed by atoms with Crippen molar-refractivity contribution in [2.45, 2.75) is 24.8 Å². The number of carbonyl (C=O) groups is 1. The van der Waals surface area contributed by atoms with Crippen molar-refractivity contribution < 1.29 is 13.2 Å². The SMILES string of the molecule is Cc1nc(-c2ccccc2Cl)sc1CNC(=O)CCS(=O)(=O)c1ccccc1. The molecule has 1 heterocycles. The molecule has 0 unspecified atom stereocenters. The van der Waals surface area contributed by atoms with Crippen LogP contribution in [0.2, 0.25) is 5.02 Å². The van der Waals surface area contributed by atoms with Gasteiger partial charge in [-0.15, -0.1) is 11.3 Å². The first kappa shape index (κ1) is 20.5. The third-order valence-electron chi connectivity index (χ3n) is 4.14. The van der Waals surface area contributed by atoms with Gasteiger partial charge in [-0.05, 0) is 25.1 Å². The summed E-state index contributed by atoms with van der Waals surface area (Å²) in [5.41, 5.74) is 1.67. The van der Waals surface area contributed by atoms with Crippen molar-refractivity contribution in [1.82, 2.24) is 10.3 Å². The summed E-state index contributed by atoms with van der Waals surface area (Å²) in [5, 5.41) is 4.19. The van der Waals surface area contributed by atoms with Gasteiger partial charge in [0.1, 0.15) is 5.01 Å². The van der Waals surface area contributed by atoms with Crippen LogP contribution in [0.25, 0.3) is 10.6 Å². The van der Waals surface area contributed by atoms with Gasteiger partial charge in [-0.1, -0.05) is 48.0 Å². The Morgan fingerprint density at radius 1 is 1.11 bits per heavy atom. The Hall–Kier alpha value is -2.22. The molecule has 1 amide bonds. The molecule has 0 spiro atoms. The first-order chi connectivity index (χ1) is 13.4. The lowest BCUT2D eigenvalue weighted by atomic mass is 10.2. The number of sulfone groups is 1. The van der Waals surface area contributed by atoms with Crippen molar-refractivity contribution in [1.29, 1.82) is 0 Å². The molecule has 0 fully saturated rings. The molecule has 5 nitrogen and oxygen atoms in total. The second-order valence-electron chi connectivity index (χ2n) is 6.17. The Labute approximate surface area is 173 Å². The van der Waals surface area contributed by atoms with Crippen molar-refractivity contribution in [3.8, 4) is 10.6 Å². The summed E-state index contributed by atoms with van der Waals surface area (Å²) < 4.78 is 24.5. The normalized spacial score (nSPS) is 11.4. The number of thiazole rings is 1. The monoisotopic (exact) mass is 434 g/mol. The number of aryl methyl sites for hydroxylation is 1. The standard InChI is InChI=1S/C20H19ClN2O3S2/c1-14-18(27-20(23-14)16-9-5-6-10-17(16)21)13-22-19(24)11-12-28(25,26)15-7-3-2-4-8-15/h2-10H,11-13H2,1H3,(H,22,24). The van der Waals surface area contributed by atoms with Gasteiger partial charge in [-0.2, -0.15) is 0 Å². The van der Waals surface area contributed by atoms with E-state index in [1.54, 1.807) is 18.2 Å². The molecule has 0 atom stereocenters. The molecule has 0 bridgehead atoms. The average molecular weight is 435 g/mol. The fraction of sp³-hybridized carbons (Fsp3) is 0.200. The lowest BCUT2D eigenvalue weighted by molar-refractivity contribution is -0.120.